The number of amides is 1. The molecule has 1 heterocycles. The SMILES string of the molecule is CCNc1cc(C)ccc1C(=O)N1CCCC1C(C)C. The molecule has 0 aliphatic carbocycles. The molecule has 1 aliphatic rings. The van der Waals surface area contributed by atoms with Gasteiger partial charge in [0, 0.05) is 24.8 Å². The van der Waals surface area contributed by atoms with Crippen LogP contribution in [-0.2, 0) is 0 Å². The van der Waals surface area contributed by atoms with Crippen molar-refractivity contribution in [3.05, 3.63) is 29.3 Å². The fourth-order valence-electron chi connectivity index (χ4n) is 3.07. The van der Waals surface area contributed by atoms with Crippen molar-refractivity contribution >= 4 is 11.6 Å². The Morgan fingerprint density at radius 1 is 1.45 bits per heavy atom. The van der Waals surface area contributed by atoms with Gasteiger partial charge in [0.1, 0.15) is 0 Å². The van der Waals surface area contributed by atoms with Crippen molar-refractivity contribution in [2.75, 3.05) is 18.4 Å². The molecule has 0 spiro atoms. The number of nitrogens with one attached hydrogen (secondary N) is 1. The number of hydrogen-bond acceptors (Lipinski definition) is 2. The van der Waals surface area contributed by atoms with Gasteiger partial charge in [-0.2, -0.15) is 0 Å². The van der Waals surface area contributed by atoms with Crippen molar-refractivity contribution in [3.8, 4) is 0 Å². The Balaban J connectivity index is 2.28. The van der Waals surface area contributed by atoms with Gasteiger partial charge < -0.3 is 10.2 Å². The Morgan fingerprint density at radius 2 is 2.20 bits per heavy atom. The van der Waals surface area contributed by atoms with Crippen LogP contribution in [0.5, 0.6) is 0 Å². The minimum Gasteiger partial charge on any atom is -0.385 e. The van der Waals surface area contributed by atoms with Gasteiger partial charge in [-0.1, -0.05) is 19.9 Å². The fourth-order valence-corrected chi connectivity index (χ4v) is 3.07. The average molecular weight is 274 g/mol. The molecule has 1 N–H and O–H groups in total. The van der Waals surface area contributed by atoms with Gasteiger partial charge in [-0.05, 0) is 50.3 Å². The fraction of sp³-hybridized carbons (Fsp3) is 0.588. The molecule has 0 radical (unpaired) electrons. The van der Waals surface area contributed by atoms with Gasteiger partial charge in [0.2, 0.25) is 0 Å². The first kappa shape index (κ1) is 14.9. The topological polar surface area (TPSA) is 32.3 Å². The second kappa shape index (κ2) is 6.29. The van der Waals surface area contributed by atoms with E-state index in [-0.39, 0.29) is 5.91 Å². The third-order valence-corrected chi connectivity index (χ3v) is 4.10. The predicted molar refractivity (Wildman–Crippen MR) is 84.2 cm³/mol. The Morgan fingerprint density at radius 3 is 2.85 bits per heavy atom. The zero-order valence-corrected chi connectivity index (χ0v) is 13.1. The number of rotatable bonds is 4. The Labute approximate surface area is 122 Å². The van der Waals surface area contributed by atoms with Crippen LogP contribution in [0.2, 0.25) is 0 Å². The summed E-state index contributed by atoms with van der Waals surface area (Å²) in [5, 5.41) is 3.32. The minimum atomic E-state index is 0.178. The monoisotopic (exact) mass is 274 g/mol. The zero-order valence-electron chi connectivity index (χ0n) is 13.1. The van der Waals surface area contributed by atoms with Crippen LogP contribution < -0.4 is 5.32 Å². The van der Waals surface area contributed by atoms with Crippen LogP contribution in [-0.4, -0.2) is 29.9 Å². The summed E-state index contributed by atoms with van der Waals surface area (Å²) in [6.07, 6.45) is 2.25. The van der Waals surface area contributed by atoms with Gasteiger partial charge >= 0.3 is 0 Å². The highest BCUT2D eigenvalue weighted by molar-refractivity contribution is 6.00. The zero-order chi connectivity index (χ0) is 14.7. The Kier molecular flexibility index (Phi) is 4.69. The standard InChI is InChI=1S/C17H26N2O/c1-5-18-15-11-13(4)8-9-14(15)17(20)19-10-6-7-16(19)12(2)3/h8-9,11-12,16,18H,5-7,10H2,1-4H3. The van der Waals surface area contributed by atoms with Crippen LogP contribution in [0.15, 0.2) is 18.2 Å². The minimum absolute atomic E-state index is 0.178. The van der Waals surface area contributed by atoms with Gasteiger partial charge in [-0.25, -0.2) is 0 Å². The van der Waals surface area contributed by atoms with Crippen LogP contribution in [0.1, 0.15) is 49.5 Å². The number of aryl methyl sites for hydroxylation is 1. The lowest BCUT2D eigenvalue weighted by atomic mass is 10.0. The van der Waals surface area contributed by atoms with Crippen molar-refractivity contribution in [3.63, 3.8) is 0 Å². The first-order valence-electron chi connectivity index (χ1n) is 7.70. The molecule has 1 amide bonds. The molecule has 1 aliphatic heterocycles. The largest absolute Gasteiger partial charge is 0.385 e. The second-order valence-electron chi connectivity index (χ2n) is 6.03. The quantitative estimate of drug-likeness (QED) is 0.908. The summed E-state index contributed by atoms with van der Waals surface area (Å²) < 4.78 is 0. The van der Waals surface area contributed by atoms with Gasteiger partial charge in [0.05, 0.1) is 5.56 Å². The van der Waals surface area contributed by atoms with Crippen LogP contribution in [0, 0.1) is 12.8 Å². The summed E-state index contributed by atoms with van der Waals surface area (Å²) in [5.41, 5.74) is 2.95. The molecule has 3 heteroatoms. The maximum Gasteiger partial charge on any atom is 0.256 e. The van der Waals surface area contributed by atoms with E-state index < -0.39 is 0 Å². The molecule has 1 saturated heterocycles. The molecule has 0 bridgehead atoms. The molecular weight excluding hydrogens is 248 g/mol. The summed E-state index contributed by atoms with van der Waals surface area (Å²) in [7, 11) is 0. The van der Waals surface area contributed by atoms with E-state index in [1.165, 1.54) is 5.56 Å². The summed E-state index contributed by atoms with van der Waals surface area (Å²) in [5.74, 6) is 0.701. The summed E-state index contributed by atoms with van der Waals surface area (Å²) in [6, 6.07) is 6.44. The molecule has 1 aromatic carbocycles. The van der Waals surface area contributed by atoms with Crippen molar-refractivity contribution < 1.29 is 4.79 Å². The highest BCUT2D eigenvalue weighted by Crippen LogP contribution is 2.28. The first-order valence-corrected chi connectivity index (χ1v) is 7.70. The normalized spacial score (nSPS) is 18.6. The smallest absolute Gasteiger partial charge is 0.256 e. The molecule has 2 rings (SSSR count). The molecule has 3 nitrogen and oxygen atoms in total. The maximum atomic E-state index is 12.9. The molecule has 1 unspecified atom stereocenters. The lowest BCUT2D eigenvalue weighted by Crippen LogP contribution is -2.38. The summed E-state index contributed by atoms with van der Waals surface area (Å²) in [4.78, 5) is 14.9. The van der Waals surface area contributed by atoms with Crippen molar-refractivity contribution in [2.24, 2.45) is 5.92 Å². The average Bonchev–Trinajstić information content (AvgIpc) is 2.88. The summed E-state index contributed by atoms with van der Waals surface area (Å²) in [6.45, 7) is 10.2. The molecular formula is C17H26N2O. The van der Waals surface area contributed by atoms with E-state index in [4.69, 9.17) is 0 Å². The van der Waals surface area contributed by atoms with E-state index in [0.29, 0.717) is 12.0 Å². The number of likely N-dealkylation sites (tertiary alicyclic amines) is 1. The van der Waals surface area contributed by atoms with E-state index in [1.807, 2.05) is 12.1 Å². The molecule has 110 valence electrons. The van der Waals surface area contributed by atoms with Gasteiger partial charge in [-0.3, -0.25) is 4.79 Å². The van der Waals surface area contributed by atoms with Crippen LogP contribution >= 0.6 is 0 Å². The molecule has 1 aromatic rings. The maximum absolute atomic E-state index is 12.9. The number of anilines is 1. The van der Waals surface area contributed by atoms with Crippen molar-refractivity contribution in [1.82, 2.24) is 4.90 Å². The lowest BCUT2D eigenvalue weighted by molar-refractivity contribution is 0.0702. The number of hydrogen-bond donors (Lipinski definition) is 1. The third-order valence-electron chi connectivity index (χ3n) is 4.10. The van der Waals surface area contributed by atoms with Crippen LogP contribution in [0.3, 0.4) is 0 Å². The van der Waals surface area contributed by atoms with E-state index in [9.17, 15) is 4.79 Å². The number of benzene rings is 1. The lowest BCUT2D eigenvalue weighted by Gasteiger charge is -2.28. The molecule has 1 fully saturated rings. The molecule has 0 aromatic heterocycles. The van der Waals surface area contributed by atoms with Crippen molar-refractivity contribution in [1.29, 1.82) is 0 Å². The van der Waals surface area contributed by atoms with E-state index in [2.05, 4.69) is 44.0 Å². The van der Waals surface area contributed by atoms with E-state index >= 15 is 0 Å². The van der Waals surface area contributed by atoms with Crippen LogP contribution in [0.4, 0.5) is 5.69 Å². The highest BCUT2D eigenvalue weighted by Gasteiger charge is 2.32. The predicted octanol–water partition coefficient (Wildman–Crippen LogP) is 3.69. The van der Waals surface area contributed by atoms with Gasteiger partial charge in [0.25, 0.3) is 5.91 Å². The Bertz CT molecular complexity index is 482. The van der Waals surface area contributed by atoms with E-state index in [1.54, 1.807) is 0 Å². The number of carbonyl (C=O) groups is 1. The van der Waals surface area contributed by atoms with Crippen molar-refractivity contribution in [2.45, 2.75) is 46.6 Å². The number of nitrogens with zero attached hydrogens (tertiary/aromatic N) is 1. The first-order chi connectivity index (χ1) is 9.54. The molecule has 0 saturated carbocycles. The second-order valence-corrected chi connectivity index (χ2v) is 6.03. The van der Waals surface area contributed by atoms with E-state index in [0.717, 1.165) is 37.2 Å². The molecule has 20 heavy (non-hydrogen) atoms. The Hall–Kier alpha value is -1.51. The van der Waals surface area contributed by atoms with Crippen LogP contribution in [0.25, 0.3) is 0 Å². The number of carbonyl (C=O) groups excluding carboxylic acids is 1. The highest BCUT2D eigenvalue weighted by atomic mass is 16.2. The van der Waals surface area contributed by atoms with Gasteiger partial charge in [-0.15, -0.1) is 0 Å². The molecule has 1 atom stereocenters. The summed E-state index contributed by atoms with van der Waals surface area (Å²) >= 11 is 0. The van der Waals surface area contributed by atoms with Gasteiger partial charge in [0.15, 0.2) is 0 Å². The third kappa shape index (κ3) is 2.97.